The lowest BCUT2D eigenvalue weighted by Crippen LogP contribution is -2.36. The number of rotatable bonds is 8. The average molecular weight is 442 g/mol. The second-order valence-electron chi connectivity index (χ2n) is 7.28. The van der Waals surface area contributed by atoms with Crippen molar-refractivity contribution < 1.29 is 14.3 Å². The number of carbonyl (C=O) groups excluding carboxylic acids is 1. The van der Waals surface area contributed by atoms with Gasteiger partial charge in [0.15, 0.2) is 5.65 Å². The van der Waals surface area contributed by atoms with Crippen LogP contribution in [0.5, 0.6) is 5.75 Å². The smallest absolute Gasteiger partial charge is 0.261 e. The van der Waals surface area contributed by atoms with Crippen LogP contribution in [-0.4, -0.2) is 65.9 Å². The van der Waals surface area contributed by atoms with Crippen LogP contribution in [0.1, 0.15) is 22.3 Å². The van der Waals surface area contributed by atoms with Gasteiger partial charge in [-0.15, -0.1) is 0 Å². The first-order chi connectivity index (χ1) is 15.2. The number of anilines is 2. The Bertz CT molecular complexity index is 1050. The summed E-state index contributed by atoms with van der Waals surface area (Å²) in [6.07, 6.45) is 9.01. The Labute approximate surface area is 185 Å². The molecule has 1 saturated heterocycles. The van der Waals surface area contributed by atoms with E-state index < -0.39 is 0 Å². The summed E-state index contributed by atoms with van der Waals surface area (Å²) in [5, 5.41) is 7.34. The number of methoxy groups -OCH3 is 1. The molecular weight excluding hydrogens is 414 g/mol. The Morgan fingerprint density at radius 3 is 2.94 bits per heavy atom. The van der Waals surface area contributed by atoms with Gasteiger partial charge in [0.05, 0.1) is 37.9 Å². The molecule has 0 bridgehead atoms. The van der Waals surface area contributed by atoms with E-state index in [1.165, 1.54) is 0 Å². The van der Waals surface area contributed by atoms with E-state index in [2.05, 4.69) is 26.6 Å². The molecule has 2 aromatic heterocycles. The highest BCUT2D eigenvalue weighted by atomic mass is 32.2. The van der Waals surface area contributed by atoms with Gasteiger partial charge in [-0.3, -0.25) is 4.79 Å². The van der Waals surface area contributed by atoms with Crippen molar-refractivity contribution in [2.45, 2.75) is 12.8 Å². The highest BCUT2D eigenvalue weighted by Crippen LogP contribution is 2.35. The minimum Gasteiger partial charge on any atom is -0.496 e. The third kappa shape index (κ3) is 4.77. The second-order valence-corrected chi connectivity index (χ2v) is 8.26. The summed E-state index contributed by atoms with van der Waals surface area (Å²) >= 11 is 1.83. The molecule has 1 N–H and O–H groups in total. The molecule has 4 rings (SSSR count). The van der Waals surface area contributed by atoms with Gasteiger partial charge in [0.2, 0.25) is 0 Å². The lowest BCUT2D eigenvalue weighted by atomic mass is 10.1. The van der Waals surface area contributed by atoms with Crippen LogP contribution in [0.4, 0.5) is 11.4 Å². The fourth-order valence-electron chi connectivity index (χ4n) is 3.75. The van der Waals surface area contributed by atoms with E-state index in [1.807, 2.05) is 23.9 Å². The minimum absolute atomic E-state index is 0.233. The molecule has 1 aromatic carbocycles. The number of benzene rings is 1. The average Bonchev–Trinajstić information content (AvgIpc) is 3.24. The molecule has 9 heteroatoms. The molecule has 0 saturated carbocycles. The molecule has 164 valence electrons. The molecule has 31 heavy (non-hydrogen) atoms. The number of morpholine rings is 1. The summed E-state index contributed by atoms with van der Waals surface area (Å²) in [6.45, 7) is 2.83. The van der Waals surface area contributed by atoms with Gasteiger partial charge in [-0.1, -0.05) is 0 Å². The molecule has 8 nitrogen and oxygen atoms in total. The largest absolute Gasteiger partial charge is 0.496 e. The topological polar surface area (TPSA) is 81.0 Å². The Morgan fingerprint density at radius 2 is 2.16 bits per heavy atom. The lowest BCUT2D eigenvalue weighted by molar-refractivity contribution is 0.102. The van der Waals surface area contributed by atoms with E-state index in [0.717, 1.165) is 54.4 Å². The maximum Gasteiger partial charge on any atom is 0.261 e. The van der Waals surface area contributed by atoms with Crippen LogP contribution in [0.25, 0.3) is 5.65 Å². The number of hydrogen-bond acceptors (Lipinski definition) is 7. The van der Waals surface area contributed by atoms with Gasteiger partial charge in [-0.2, -0.15) is 16.9 Å². The molecule has 1 fully saturated rings. The predicted octanol–water partition coefficient (Wildman–Crippen LogP) is 3.12. The van der Waals surface area contributed by atoms with E-state index in [9.17, 15) is 4.79 Å². The first-order valence-electron chi connectivity index (χ1n) is 10.3. The number of carbonyl (C=O) groups is 1. The Hall–Kier alpha value is -2.78. The third-order valence-electron chi connectivity index (χ3n) is 5.32. The van der Waals surface area contributed by atoms with Gasteiger partial charge >= 0.3 is 0 Å². The molecule has 1 amide bonds. The van der Waals surface area contributed by atoms with E-state index in [1.54, 1.807) is 36.3 Å². The lowest BCUT2D eigenvalue weighted by Gasteiger charge is -2.31. The maximum atomic E-state index is 13.2. The van der Waals surface area contributed by atoms with Crippen molar-refractivity contribution in [1.29, 1.82) is 0 Å². The molecule has 0 atom stereocenters. The van der Waals surface area contributed by atoms with Crippen LogP contribution >= 0.6 is 11.8 Å². The zero-order valence-electron chi connectivity index (χ0n) is 17.8. The van der Waals surface area contributed by atoms with Crippen LogP contribution < -0.4 is 15.0 Å². The van der Waals surface area contributed by atoms with E-state index >= 15 is 0 Å². The van der Waals surface area contributed by atoms with Crippen molar-refractivity contribution in [1.82, 2.24) is 14.6 Å². The van der Waals surface area contributed by atoms with Crippen LogP contribution in [0.15, 0.2) is 36.8 Å². The van der Waals surface area contributed by atoms with E-state index in [4.69, 9.17) is 9.47 Å². The van der Waals surface area contributed by atoms with Crippen LogP contribution in [0.2, 0.25) is 0 Å². The first-order valence-corrected chi connectivity index (χ1v) is 11.7. The predicted molar refractivity (Wildman–Crippen MR) is 124 cm³/mol. The second kappa shape index (κ2) is 10.0. The van der Waals surface area contributed by atoms with Crippen LogP contribution in [0, 0.1) is 0 Å². The number of fused-ring (bicyclic) bond motifs is 1. The maximum absolute atomic E-state index is 13.2. The summed E-state index contributed by atoms with van der Waals surface area (Å²) in [5.41, 5.74) is 3.76. The monoisotopic (exact) mass is 441 g/mol. The van der Waals surface area contributed by atoms with Crippen molar-refractivity contribution in [3.8, 4) is 5.75 Å². The fraction of sp³-hybridized carbons (Fsp3) is 0.409. The van der Waals surface area contributed by atoms with Crippen molar-refractivity contribution in [3.63, 3.8) is 0 Å². The van der Waals surface area contributed by atoms with Gasteiger partial charge in [0.25, 0.3) is 5.91 Å². The number of aryl methyl sites for hydroxylation is 1. The molecule has 3 heterocycles. The Kier molecular flexibility index (Phi) is 6.93. The Morgan fingerprint density at radius 1 is 1.32 bits per heavy atom. The minimum atomic E-state index is -0.233. The summed E-state index contributed by atoms with van der Waals surface area (Å²) in [5.74, 6) is 1.69. The van der Waals surface area contributed by atoms with Gasteiger partial charge in [-0.25, -0.2) is 9.50 Å². The number of amides is 1. The molecule has 0 radical (unpaired) electrons. The zero-order chi connectivity index (χ0) is 21.6. The molecule has 1 aliphatic rings. The fourth-order valence-corrected chi connectivity index (χ4v) is 4.18. The van der Waals surface area contributed by atoms with E-state index in [0.29, 0.717) is 24.4 Å². The first kappa shape index (κ1) is 21.5. The third-order valence-corrected chi connectivity index (χ3v) is 6.01. The van der Waals surface area contributed by atoms with Gasteiger partial charge in [0.1, 0.15) is 11.3 Å². The molecule has 3 aromatic rings. The normalized spacial score (nSPS) is 14.1. The summed E-state index contributed by atoms with van der Waals surface area (Å²) < 4.78 is 12.8. The molecular formula is C22H27N5O3S. The zero-order valence-corrected chi connectivity index (χ0v) is 18.7. The quantitative estimate of drug-likeness (QED) is 0.538. The summed E-state index contributed by atoms with van der Waals surface area (Å²) in [7, 11) is 1.69. The van der Waals surface area contributed by atoms with E-state index in [-0.39, 0.29) is 5.91 Å². The van der Waals surface area contributed by atoms with Crippen molar-refractivity contribution in [2.24, 2.45) is 0 Å². The van der Waals surface area contributed by atoms with Gasteiger partial charge in [-0.05, 0) is 42.5 Å². The SMILES string of the molecule is COc1cc(N2CCOCC2)c(NC(=O)c2cnn3cccnc23)cc1CCCSC. The number of nitrogens with zero attached hydrogens (tertiary/aromatic N) is 4. The van der Waals surface area contributed by atoms with Crippen LogP contribution in [0.3, 0.4) is 0 Å². The van der Waals surface area contributed by atoms with Crippen LogP contribution in [-0.2, 0) is 11.2 Å². The number of hydrogen-bond donors (Lipinski definition) is 1. The number of thioether (sulfide) groups is 1. The summed E-state index contributed by atoms with van der Waals surface area (Å²) in [6, 6.07) is 5.85. The molecule has 1 aliphatic heterocycles. The highest BCUT2D eigenvalue weighted by molar-refractivity contribution is 7.98. The number of nitrogens with one attached hydrogen (secondary N) is 1. The molecule has 0 aliphatic carbocycles. The number of aromatic nitrogens is 3. The van der Waals surface area contributed by atoms with Gasteiger partial charge < -0.3 is 19.7 Å². The number of ether oxygens (including phenoxy) is 2. The van der Waals surface area contributed by atoms with Gasteiger partial charge in [0, 0.05) is 31.5 Å². The standard InChI is InChI=1S/C22H27N5O3S/c1-29-20-14-19(26-8-10-30-11-9-26)18(13-16(20)5-3-12-31-2)25-22(28)17-15-24-27-7-4-6-23-21(17)27/h4,6-7,13-15H,3,5,8-12H2,1-2H3,(H,25,28). The Balaban J connectivity index is 1.68. The molecule has 0 unspecified atom stereocenters. The highest BCUT2D eigenvalue weighted by Gasteiger charge is 2.21. The van der Waals surface area contributed by atoms with Crippen molar-refractivity contribution in [2.75, 3.05) is 55.6 Å². The van der Waals surface area contributed by atoms with Crippen molar-refractivity contribution in [3.05, 3.63) is 47.9 Å². The van der Waals surface area contributed by atoms with Crippen molar-refractivity contribution >= 4 is 34.7 Å². The summed E-state index contributed by atoms with van der Waals surface area (Å²) in [4.78, 5) is 19.7. The molecule has 0 spiro atoms.